The summed E-state index contributed by atoms with van der Waals surface area (Å²) < 4.78 is 1.70. The van der Waals surface area contributed by atoms with Gasteiger partial charge in [0, 0.05) is 6.04 Å². The van der Waals surface area contributed by atoms with Crippen LogP contribution in [0.5, 0.6) is 0 Å². The average Bonchev–Trinajstić information content (AvgIpc) is 2.77. The molecule has 3 rings (SSSR count). The SMILES string of the molecule is CCC(Nc1ccc2nncn2n1)C1CC1(C)C. The van der Waals surface area contributed by atoms with Crippen molar-refractivity contribution in [3.05, 3.63) is 18.5 Å². The third-order valence-electron chi connectivity index (χ3n) is 4.01. The molecule has 1 aliphatic carbocycles. The third-order valence-corrected chi connectivity index (χ3v) is 4.01. The van der Waals surface area contributed by atoms with E-state index in [1.807, 2.05) is 12.1 Å². The number of nitrogens with one attached hydrogen (secondary N) is 1. The van der Waals surface area contributed by atoms with Gasteiger partial charge in [-0.05, 0) is 36.3 Å². The fourth-order valence-electron chi connectivity index (χ4n) is 2.68. The van der Waals surface area contributed by atoms with Crippen molar-refractivity contribution in [2.45, 2.75) is 39.7 Å². The minimum Gasteiger partial charge on any atom is -0.366 e. The highest BCUT2D eigenvalue weighted by Crippen LogP contribution is 2.54. The van der Waals surface area contributed by atoms with E-state index in [1.54, 1.807) is 10.8 Å². The Hall–Kier alpha value is -1.65. The molecular formula is C13H19N5. The normalized spacial score (nSPS) is 22.9. The summed E-state index contributed by atoms with van der Waals surface area (Å²) in [4.78, 5) is 0. The van der Waals surface area contributed by atoms with E-state index in [-0.39, 0.29) is 0 Å². The third kappa shape index (κ3) is 1.94. The van der Waals surface area contributed by atoms with E-state index in [1.165, 1.54) is 6.42 Å². The fourth-order valence-corrected chi connectivity index (χ4v) is 2.68. The molecule has 2 atom stereocenters. The van der Waals surface area contributed by atoms with Crippen molar-refractivity contribution in [2.24, 2.45) is 11.3 Å². The second kappa shape index (κ2) is 3.93. The molecule has 18 heavy (non-hydrogen) atoms. The zero-order valence-electron chi connectivity index (χ0n) is 11.1. The van der Waals surface area contributed by atoms with Gasteiger partial charge < -0.3 is 5.32 Å². The van der Waals surface area contributed by atoms with Gasteiger partial charge in [0.15, 0.2) is 5.65 Å². The molecule has 2 unspecified atom stereocenters. The van der Waals surface area contributed by atoms with Crippen LogP contribution in [-0.2, 0) is 0 Å². The van der Waals surface area contributed by atoms with E-state index in [2.05, 4.69) is 41.4 Å². The van der Waals surface area contributed by atoms with E-state index >= 15 is 0 Å². The first-order valence-corrected chi connectivity index (χ1v) is 6.54. The molecule has 0 amide bonds. The van der Waals surface area contributed by atoms with Gasteiger partial charge in [-0.1, -0.05) is 20.8 Å². The Morgan fingerprint density at radius 3 is 2.94 bits per heavy atom. The zero-order chi connectivity index (χ0) is 12.8. The molecule has 2 aromatic heterocycles. The van der Waals surface area contributed by atoms with Gasteiger partial charge >= 0.3 is 0 Å². The molecule has 5 nitrogen and oxygen atoms in total. The lowest BCUT2D eigenvalue weighted by Crippen LogP contribution is -2.24. The van der Waals surface area contributed by atoms with Crippen LogP contribution in [0.25, 0.3) is 5.65 Å². The first kappa shape index (κ1) is 11.4. The maximum atomic E-state index is 4.46. The lowest BCUT2D eigenvalue weighted by Gasteiger charge is -2.19. The Morgan fingerprint density at radius 2 is 2.28 bits per heavy atom. The van der Waals surface area contributed by atoms with Crippen molar-refractivity contribution in [2.75, 3.05) is 5.32 Å². The maximum Gasteiger partial charge on any atom is 0.177 e. The molecular weight excluding hydrogens is 226 g/mol. The van der Waals surface area contributed by atoms with Crippen molar-refractivity contribution < 1.29 is 0 Å². The van der Waals surface area contributed by atoms with E-state index in [4.69, 9.17) is 0 Å². The van der Waals surface area contributed by atoms with Crippen LogP contribution < -0.4 is 5.32 Å². The average molecular weight is 245 g/mol. The van der Waals surface area contributed by atoms with Crippen LogP contribution in [0.4, 0.5) is 5.82 Å². The molecule has 5 heteroatoms. The van der Waals surface area contributed by atoms with Gasteiger partial charge in [0.2, 0.25) is 0 Å². The number of fused-ring (bicyclic) bond motifs is 1. The molecule has 0 saturated heterocycles. The fraction of sp³-hybridized carbons (Fsp3) is 0.615. The van der Waals surface area contributed by atoms with Crippen LogP contribution in [0.1, 0.15) is 33.6 Å². The van der Waals surface area contributed by atoms with E-state index < -0.39 is 0 Å². The Morgan fingerprint density at radius 1 is 1.50 bits per heavy atom. The second-order valence-electron chi connectivity index (χ2n) is 5.81. The van der Waals surface area contributed by atoms with Crippen LogP contribution in [0.15, 0.2) is 18.5 Å². The number of aromatic nitrogens is 4. The lowest BCUT2D eigenvalue weighted by molar-refractivity contribution is 0.489. The lowest BCUT2D eigenvalue weighted by atomic mass is 10.0. The molecule has 1 fully saturated rings. The van der Waals surface area contributed by atoms with Crippen LogP contribution in [0.3, 0.4) is 0 Å². The van der Waals surface area contributed by atoms with Crippen molar-refractivity contribution in [1.82, 2.24) is 19.8 Å². The Labute approximate surface area is 107 Å². The number of nitrogens with zero attached hydrogens (tertiary/aromatic N) is 4. The van der Waals surface area contributed by atoms with E-state index in [0.29, 0.717) is 11.5 Å². The number of hydrogen-bond donors (Lipinski definition) is 1. The van der Waals surface area contributed by atoms with Crippen LogP contribution in [-0.4, -0.2) is 25.9 Å². The second-order valence-corrected chi connectivity index (χ2v) is 5.81. The van der Waals surface area contributed by atoms with Gasteiger partial charge in [-0.3, -0.25) is 0 Å². The van der Waals surface area contributed by atoms with Crippen LogP contribution >= 0.6 is 0 Å². The van der Waals surface area contributed by atoms with Gasteiger partial charge in [0.25, 0.3) is 0 Å². The van der Waals surface area contributed by atoms with Crippen molar-refractivity contribution in [1.29, 1.82) is 0 Å². The summed E-state index contributed by atoms with van der Waals surface area (Å²) in [5.74, 6) is 1.65. The van der Waals surface area contributed by atoms with Crippen molar-refractivity contribution in [3.8, 4) is 0 Å². The maximum absolute atomic E-state index is 4.46. The Kier molecular flexibility index (Phi) is 2.50. The molecule has 2 heterocycles. The molecule has 1 aliphatic rings. The minimum absolute atomic E-state index is 0.480. The molecule has 1 saturated carbocycles. The van der Waals surface area contributed by atoms with E-state index in [9.17, 15) is 0 Å². The largest absolute Gasteiger partial charge is 0.366 e. The molecule has 1 N–H and O–H groups in total. The predicted octanol–water partition coefficient (Wildman–Crippen LogP) is 2.36. The summed E-state index contributed by atoms with van der Waals surface area (Å²) >= 11 is 0. The monoisotopic (exact) mass is 245 g/mol. The first-order chi connectivity index (χ1) is 8.60. The topological polar surface area (TPSA) is 55.1 Å². The van der Waals surface area contributed by atoms with Gasteiger partial charge in [0.05, 0.1) is 0 Å². The standard InChI is InChI=1S/C13H19N5/c1-4-10(9-7-13(9,2)3)15-11-5-6-12-16-14-8-18(12)17-11/h5-6,8-10H,4,7H2,1-3H3,(H,15,17). The highest BCUT2D eigenvalue weighted by Gasteiger charge is 2.49. The summed E-state index contributed by atoms with van der Waals surface area (Å²) in [6.45, 7) is 6.89. The summed E-state index contributed by atoms with van der Waals surface area (Å²) in [5, 5.41) is 15.8. The molecule has 0 bridgehead atoms. The van der Waals surface area contributed by atoms with Crippen molar-refractivity contribution in [3.63, 3.8) is 0 Å². The quantitative estimate of drug-likeness (QED) is 0.898. The highest BCUT2D eigenvalue weighted by atomic mass is 15.4. The van der Waals surface area contributed by atoms with Gasteiger partial charge in [-0.15, -0.1) is 15.3 Å². The van der Waals surface area contributed by atoms with Gasteiger partial charge in [-0.25, -0.2) is 0 Å². The summed E-state index contributed by atoms with van der Waals surface area (Å²) in [5.41, 5.74) is 1.26. The predicted molar refractivity (Wildman–Crippen MR) is 70.4 cm³/mol. The number of anilines is 1. The Bertz CT molecular complexity index is 559. The number of hydrogen-bond acceptors (Lipinski definition) is 4. The minimum atomic E-state index is 0.480. The molecule has 2 aromatic rings. The smallest absolute Gasteiger partial charge is 0.177 e. The molecule has 96 valence electrons. The highest BCUT2D eigenvalue weighted by molar-refractivity contribution is 5.43. The van der Waals surface area contributed by atoms with Crippen molar-refractivity contribution >= 4 is 11.5 Å². The zero-order valence-corrected chi connectivity index (χ0v) is 11.1. The van der Waals surface area contributed by atoms with E-state index in [0.717, 1.165) is 23.8 Å². The number of rotatable bonds is 4. The molecule has 0 radical (unpaired) electrons. The molecule has 0 aliphatic heterocycles. The van der Waals surface area contributed by atoms with Crippen LogP contribution in [0, 0.1) is 11.3 Å². The van der Waals surface area contributed by atoms with Gasteiger partial charge in [0.1, 0.15) is 12.1 Å². The Balaban J connectivity index is 1.78. The summed E-state index contributed by atoms with van der Waals surface area (Å²) in [6.07, 6.45) is 4.05. The molecule has 0 aromatic carbocycles. The first-order valence-electron chi connectivity index (χ1n) is 6.54. The van der Waals surface area contributed by atoms with Crippen LogP contribution in [0.2, 0.25) is 0 Å². The van der Waals surface area contributed by atoms with Gasteiger partial charge in [-0.2, -0.15) is 4.52 Å². The summed E-state index contributed by atoms with van der Waals surface area (Å²) in [6, 6.07) is 4.41. The summed E-state index contributed by atoms with van der Waals surface area (Å²) in [7, 11) is 0. The molecule has 0 spiro atoms.